The highest BCUT2D eigenvalue weighted by molar-refractivity contribution is 7.19. The van der Waals surface area contributed by atoms with Crippen molar-refractivity contribution < 1.29 is 11.6 Å². The molecule has 0 amide bonds. The standard InChI is InChI=1S/C18H14N2O2S.H2/c1-10-9-19-17(12-7-6-11(21)8-14(12)22)16(10)18-20-13-4-2-3-5-15(13)23-18;/h2-8,21-22H,9H2,1H3;1H. The summed E-state index contributed by atoms with van der Waals surface area (Å²) in [6.07, 6.45) is 0. The van der Waals surface area contributed by atoms with Crippen LogP contribution in [0.1, 0.15) is 18.9 Å². The first kappa shape index (κ1) is 14.0. The molecule has 116 valence electrons. The fourth-order valence-corrected chi connectivity index (χ4v) is 3.85. The highest BCUT2D eigenvalue weighted by Gasteiger charge is 2.25. The van der Waals surface area contributed by atoms with Crippen LogP contribution in [0.15, 0.2) is 53.0 Å². The van der Waals surface area contributed by atoms with E-state index in [-0.39, 0.29) is 12.9 Å². The smallest absolute Gasteiger partial charge is 0.128 e. The molecule has 1 aliphatic rings. The molecule has 0 saturated carbocycles. The lowest BCUT2D eigenvalue weighted by Gasteiger charge is -2.08. The quantitative estimate of drug-likeness (QED) is 0.741. The SMILES string of the molecule is CC1=C(c2nc3ccccc3s2)C(c2ccc(O)cc2O)=NC1.[HH]. The third kappa shape index (κ3) is 2.29. The number of benzene rings is 2. The predicted octanol–water partition coefficient (Wildman–Crippen LogP) is 4.23. The van der Waals surface area contributed by atoms with E-state index in [9.17, 15) is 10.2 Å². The summed E-state index contributed by atoms with van der Waals surface area (Å²) in [5.41, 5.74) is 4.43. The van der Waals surface area contributed by atoms with E-state index in [1.54, 1.807) is 23.5 Å². The number of aromatic nitrogens is 1. The van der Waals surface area contributed by atoms with Crippen LogP contribution in [0.25, 0.3) is 15.8 Å². The molecule has 0 radical (unpaired) electrons. The van der Waals surface area contributed by atoms with E-state index in [0.29, 0.717) is 12.1 Å². The molecular weight excluding hydrogens is 308 g/mol. The van der Waals surface area contributed by atoms with Crippen LogP contribution in [-0.2, 0) is 0 Å². The number of hydrogen-bond donors (Lipinski definition) is 2. The highest BCUT2D eigenvalue weighted by Crippen LogP contribution is 2.36. The second kappa shape index (κ2) is 5.21. The Morgan fingerprint density at radius 3 is 2.74 bits per heavy atom. The summed E-state index contributed by atoms with van der Waals surface area (Å²) in [6.45, 7) is 2.64. The average Bonchev–Trinajstić information content (AvgIpc) is 3.10. The van der Waals surface area contributed by atoms with Gasteiger partial charge in [-0.05, 0) is 36.8 Å². The molecule has 4 rings (SSSR count). The van der Waals surface area contributed by atoms with Crippen LogP contribution < -0.4 is 0 Å². The maximum atomic E-state index is 10.2. The topological polar surface area (TPSA) is 65.7 Å². The van der Waals surface area contributed by atoms with Gasteiger partial charge in [-0.3, -0.25) is 4.99 Å². The van der Waals surface area contributed by atoms with Gasteiger partial charge in [0.25, 0.3) is 0 Å². The molecule has 3 aromatic rings. The molecule has 1 aromatic heterocycles. The normalized spacial score (nSPS) is 14.6. The molecule has 0 atom stereocenters. The van der Waals surface area contributed by atoms with Crippen LogP contribution in [0.4, 0.5) is 0 Å². The van der Waals surface area contributed by atoms with E-state index in [4.69, 9.17) is 4.98 Å². The third-order valence-corrected chi connectivity index (χ3v) is 4.94. The number of aliphatic imine (C=N–C) groups is 1. The van der Waals surface area contributed by atoms with Crippen molar-refractivity contribution in [2.24, 2.45) is 4.99 Å². The van der Waals surface area contributed by atoms with Gasteiger partial charge in [0.15, 0.2) is 0 Å². The van der Waals surface area contributed by atoms with Crippen molar-refractivity contribution in [3.63, 3.8) is 0 Å². The first-order valence-corrected chi connectivity index (χ1v) is 8.08. The maximum Gasteiger partial charge on any atom is 0.128 e. The number of fused-ring (bicyclic) bond motifs is 1. The van der Waals surface area contributed by atoms with Gasteiger partial charge in [0.05, 0.1) is 22.5 Å². The number of nitrogens with zero attached hydrogens (tertiary/aromatic N) is 2. The summed E-state index contributed by atoms with van der Waals surface area (Å²) in [5, 5.41) is 20.6. The molecule has 2 aromatic carbocycles. The molecule has 4 nitrogen and oxygen atoms in total. The lowest BCUT2D eigenvalue weighted by atomic mass is 10.00. The molecule has 0 unspecified atom stereocenters. The third-order valence-electron chi connectivity index (χ3n) is 3.88. The van der Waals surface area contributed by atoms with E-state index in [1.165, 1.54) is 6.07 Å². The van der Waals surface area contributed by atoms with Crippen molar-refractivity contribution in [2.75, 3.05) is 6.54 Å². The van der Waals surface area contributed by atoms with Gasteiger partial charge < -0.3 is 10.2 Å². The molecule has 1 aliphatic heterocycles. The summed E-state index contributed by atoms with van der Waals surface area (Å²) in [5.74, 6) is 0.0594. The van der Waals surface area contributed by atoms with Crippen molar-refractivity contribution in [2.45, 2.75) is 6.92 Å². The zero-order valence-electron chi connectivity index (χ0n) is 12.4. The van der Waals surface area contributed by atoms with Crippen LogP contribution in [0.3, 0.4) is 0 Å². The second-order valence-corrected chi connectivity index (χ2v) is 6.54. The van der Waals surface area contributed by atoms with E-state index < -0.39 is 0 Å². The maximum absolute atomic E-state index is 10.2. The van der Waals surface area contributed by atoms with Crippen molar-refractivity contribution in [3.8, 4) is 11.5 Å². The molecule has 5 heteroatoms. The average molecular weight is 324 g/mol. The predicted molar refractivity (Wildman–Crippen MR) is 95.5 cm³/mol. The lowest BCUT2D eigenvalue weighted by molar-refractivity contribution is 0.450. The number of aromatic hydroxyl groups is 2. The molecule has 2 N–H and O–H groups in total. The summed E-state index contributed by atoms with van der Waals surface area (Å²) >= 11 is 1.62. The first-order chi connectivity index (χ1) is 11.1. The minimum Gasteiger partial charge on any atom is -0.508 e. The zero-order valence-corrected chi connectivity index (χ0v) is 13.3. The number of para-hydroxylation sites is 1. The lowest BCUT2D eigenvalue weighted by Crippen LogP contribution is -2.02. The number of phenols is 2. The monoisotopic (exact) mass is 324 g/mol. The van der Waals surface area contributed by atoms with Gasteiger partial charge in [0.1, 0.15) is 16.5 Å². The Kier molecular flexibility index (Phi) is 3.16. The van der Waals surface area contributed by atoms with Crippen LogP contribution >= 0.6 is 11.3 Å². The Hall–Kier alpha value is -2.66. The van der Waals surface area contributed by atoms with Gasteiger partial charge in [-0.25, -0.2) is 4.98 Å². The van der Waals surface area contributed by atoms with E-state index in [1.807, 2.05) is 25.1 Å². The van der Waals surface area contributed by atoms with E-state index in [2.05, 4.69) is 11.1 Å². The molecule has 0 bridgehead atoms. The Morgan fingerprint density at radius 1 is 1.13 bits per heavy atom. The van der Waals surface area contributed by atoms with E-state index >= 15 is 0 Å². The summed E-state index contributed by atoms with van der Waals surface area (Å²) in [4.78, 5) is 9.29. The van der Waals surface area contributed by atoms with Crippen LogP contribution in [0.2, 0.25) is 0 Å². The largest absolute Gasteiger partial charge is 0.508 e. The Bertz CT molecular complexity index is 959. The van der Waals surface area contributed by atoms with Gasteiger partial charge in [0, 0.05) is 18.6 Å². The molecule has 0 spiro atoms. The Morgan fingerprint density at radius 2 is 1.96 bits per heavy atom. The van der Waals surface area contributed by atoms with Gasteiger partial charge in [0.2, 0.25) is 0 Å². The van der Waals surface area contributed by atoms with Gasteiger partial charge in [-0.1, -0.05) is 12.1 Å². The fourth-order valence-electron chi connectivity index (χ4n) is 2.76. The molecular formula is C18H16N2O2S. The van der Waals surface area contributed by atoms with Crippen LogP contribution in [0.5, 0.6) is 11.5 Å². The zero-order chi connectivity index (χ0) is 16.0. The van der Waals surface area contributed by atoms with Gasteiger partial charge in [-0.2, -0.15) is 0 Å². The van der Waals surface area contributed by atoms with Crippen LogP contribution in [-0.4, -0.2) is 27.5 Å². The number of rotatable bonds is 2. The number of allylic oxidation sites excluding steroid dienone is 1. The minimum absolute atomic E-state index is 0. The summed E-state index contributed by atoms with van der Waals surface area (Å²) in [7, 11) is 0. The molecule has 2 heterocycles. The molecule has 0 saturated heterocycles. The highest BCUT2D eigenvalue weighted by atomic mass is 32.1. The summed E-state index contributed by atoms with van der Waals surface area (Å²) in [6, 6.07) is 12.6. The second-order valence-electron chi connectivity index (χ2n) is 5.51. The van der Waals surface area contributed by atoms with Crippen LogP contribution in [0, 0.1) is 0 Å². The number of hydrogen-bond acceptors (Lipinski definition) is 5. The molecule has 0 aliphatic carbocycles. The van der Waals surface area contributed by atoms with E-state index in [0.717, 1.165) is 32.1 Å². The Balaban J connectivity index is 0.00000169. The minimum atomic E-state index is 0. The van der Waals surface area contributed by atoms with Crippen molar-refractivity contribution in [1.29, 1.82) is 0 Å². The molecule has 23 heavy (non-hydrogen) atoms. The van der Waals surface area contributed by atoms with Crippen molar-refractivity contribution in [3.05, 3.63) is 58.6 Å². The molecule has 0 fully saturated rings. The van der Waals surface area contributed by atoms with Gasteiger partial charge >= 0.3 is 0 Å². The van der Waals surface area contributed by atoms with Crippen molar-refractivity contribution >= 4 is 32.8 Å². The number of thiazole rings is 1. The fraction of sp³-hybridized carbons (Fsp3) is 0.111. The Labute approximate surface area is 138 Å². The summed E-state index contributed by atoms with van der Waals surface area (Å²) < 4.78 is 1.13. The van der Waals surface area contributed by atoms with Crippen molar-refractivity contribution in [1.82, 2.24) is 4.98 Å². The number of phenolic OH excluding ortho intramolecular Hbond substituents is 2. The first-order valence-electron chi connectivity index (χ1n) is 7.26. The van der Waals surface area contributed by atoms with Gasteiger partial charge in [-0.15, -0.1) is 11.3 Å².